The molecule has 4 bridgehead atoms. The number of hydrogen-bond donors (Lipinski definition) is 1. The van der Waals surface area contributed by atoms with E-state index in [2.05, 4.69) is 24.6 Å². The molecule has 2 fully saturated rings. The van der Waals surface area contributed by atoms with Crippen molar-refractivity contribution in [1.82, 2.24) is 24.8 Å². The second-order valence-corrected chi connectivity index (χ2v) is 14.5. The van der Waals surface area contributed by atoms with Crippen molar-refractivity contribution >= 4 is 27.7 Å². The summed E-state index contributed by atoms with van der Waals surface area (Å²) in [5.74, 6) is 0.391. The molecular formula is C35H39N7O5S. The Labute approximate surface area is 280 Å². The Bertz CT molecular complexity index is 1930. The number of fused-ring (bicyclic) bond motifs is 4. The van der Waals surface area contributed by atoms with Crippen molar-refractivity contribution in [2.45, 2.75) is 75.6 Å². The van der Waals surface area contributed by atoms with Gasteiger partial charge in [-0.15, -0.1) is 0 Å². The van der Waals surface area contributed by atoms with Gasteiger partial charge in [0, 0.05) is 30.3 Å². The zero-order valence-electron chi connectivity index (χ0n) is 27.3. The van der Waals surface area contributed by atoms with E-state index in [0.717, 1.165) is 48.2 Å². The summed E-state index contributed by atoms with van der Waals surface area (Å²) >= 11 is 0. The first-order valence-electron chi connectivity index (χ1n) is 16.3. The molecular weight excluding hydrogens is 630 g/mol. The maximum atomic E-state index is 14.4. The molecule has 0 unspecified atom stereocenters. The summed E-state index contributed by atoms with van der Waals surface area (Å²) in [6.45, 7) is 4.29. The summed E-state index contributed by atoms with van der Waals surface area (Å²) in [5, 5.41) is 0. The Hall–Kier alpha value is -4.62. The highest BCUT2D eigenvalue weighted by atomic mass is 32.2. The van der Waals surface area contributed by atoms with Gasteiger partial charge in [-0.05, 0) is 75.3 Å². The minimum absolute atomic E-state index is 0.0304. The predicted octanol–water partition coefficient (Wildman–Crippen LogP) is 4.92. The number of anilines is 2. The average Bonchev–Trinajstić information content (AvgIpc) is 3.87. The van der Waals surface area contributed by atoms with Crippen LogP contribution in [0.5, 0.6) is 5.88 Å². The molecule has 12 nitrogen and oxygen atoms in total. The molecule has 2 aromatic heterocycles. The van der Waals surface area contributed by atoms with Crippen molar-refractivity contribution in [3.05, 3.63) is 83.3 Å². The van der Waals surface area contributed by atoms with Crippen molar-refractivity contribution in [3.63, 3.8) is 0 Å². The smallest absolute Gasteiger partial charge is 0.264 e. The molecule has 0 spiro atoms. The number of nitrogens with zero attached hydrogens (tertiary/aromatic N) is 6. The summed E-state index contributed by atoms with van der Waals surface area (Å²) in [5.41, 5.74) is 4.11. The molecule has 13 heteroatoms. The molecule has 2 saturated carbocycles. The van der Waals surface area contributed by atoms with Crippen LogP contribution in [0.4, 0.5) is 11.8 Å². The zero-order chi connectivity index (χ0) is 33.4. The molecule has 0 saturated heterocycles. The van der Waals surface area contributed by atoms with Gasteiger partial charge in [-0.1, -0.05) is 24.3 Å². The van der Waals surface area contributed by atoms with Crippen LogP contribution < -0.4 is 14.4 Å². The Morgan fingerprint density at radius 1 is 1.00 bits per heavy atom. The van der Waals surface area contributed by atoms with Gasteiger partial charge in [0.05, 0.1) is 54.0 Å². The van der Waals surface area contributed by atoms with Gasteiger partial charge in [0.2, 0.25) is 11.8 Å². The lowest BCUT2D eigenvalue weighted by Crippen LogP contribution is -2.46. The lowest BCUT2D eigenvalue weighted by atomic mass is 9.92. The fourth-order valence-corrected chi connectivity index (χ4v) is 7.06. The van der Waals surface area contributed by atoms with Crippen LogP contribution in [0.3, 0.4) is 0 Å². The van der Waals surface area contributed by atoms with Crippen LogP contribution in [0.15, 0.2) is 65.8 Å². The fraction of sp³-hybridized carbons (Fsp3) is 0.400. The first-order valence-corrected chi connectivity index (χ1v) is 17.8. The maximum Gasteiger partial charge on any atom is 0.264 e. The number of benzene rings is 2. The number of sulfonamides is 1. The van der Waals surface area contributed by atoms with Gasteiger partial charge in [-0.25, -0.2) is 23.1 Å². The molecule has 0 radical (unpaired) electrons. The van der Waals surface area contributed by atoms with Crippen LogP contribution in [0.25, 0.3) is 11.3 Å². The first kappa shape index (κ1) is 32.0. The minimum Gasteiger partial charge on any atom is -0.475 e. The van der Waals surface area contributed by atoms with E-state index >= 15 is 0 Å². The number of rotatable bonds is 8. The predicted molar refractivity (Wildman–Crippen MR) is 180 cm³/mol. The largest absolute Gasteiger partial charge is 0.475 e. The van der Waals surface area contributed by atoms with Crippen molar-refractivity contribution < 1.29 is 22.7 Å². The van der Waals surface area contributed by atoms with Gasteiger partial charge in [-0.3, -0.25) is 9.78 Å². The van der Waals surface area contributed by atoms with Crippen LogP contribution in [0.1, 0.15) is 59.3 Å². The minimum atomic E-state index is -4.18. The number of aryl methyl sites for hydroxylation is 2. The van der Waals surface area contributed by atoms with Gasteiger partial charge in [-0.2, -0.15) is 4.98 Å². The average molecular weight is 670 g/mol. The van der Waals surface area contributed by atoms with Crippen molar-refractivity contribution in [2.24, 2.45) is 0 Å². The maximum absolute atomic E-state index is 14.4. The number of aromatic nitrogens is 4. The second-order valence-electron chi connectivity index (χ2n) is 12.8. The summed E-state index contributed by atoms with van der Waals surface area (Å²) in [7, 11) is -2.16. The van der Waals surface area contributed by atoms with E-state index in [9.17, 15) is 13.2 Å². The van der Waals surface area contributed by atoms with Crippen molar-refractivity contribution in [2.75, 3.05) is 29.9 Å². The normalized spacial score (nSPS) is 19.2. The number of nitrogens with one attached hydrogen (secondary N) is 1. The third-order valence-corrected chi connectivity index (χ3v) is 10.5. The van der Waals surface area contributed by atoms with E-state index in [0.29, 0.717) is 17.4 Å². The molecule has 1 aliphatic heterocycles. The van der Waals surface area contributed by atoms with Crippen LogP contribution in [0, 0.1) is 13.8 Å². The lowest BCUT2D eigenvalue weighted by molar-refractivity contribution is 0.0209. The Balaban J connectivity index is 1.31. The second kappa shape index (κ2) is 13.1. The summed E-state index contributed by atoms with van der Waals surface area (Å²) in [6.07, 6.45) is 8.85. The van der Waals surface area contributed by atoms with Crippen LogP contribution >= 0.6 is 0 Å². The molecule has 3 aliphatic rings. The lowest BCUT2D eigenvalue weighted by Gasteiger charge is -2.35. The van der Waals surface area contributed by atoms with Gasteiger partial charge in [0.25, 0.3) is 15.9 Å². The van der Waals surface area contributed by atoms with Crippen LogP contribution in [-0.4, -0.2) is 77.6 Å². The monoisotopic (exact) mass is 669 g/mol. The van der Waals surface area contributed by atoms with Crippen molar-refractivity contribution in [3.8, 4) is 17.1 Å². The Morgan fingerprint density at radius 2 is 1.77 bits per heavy atom. The highest BCUT2D eigenvalue weighted by molar-refractivity contribution is 7.92. The highest BCUT2D eigenvalue weighted by Crippen LogP contribution is 2.31. The van der Waals surface area contributed by atoms with E-state index in [1.807, 2.05) is 39.1 Å². The van der Waals surface area contributed by atoms with Gasteiger partial charge >= 0.3 is 0 Å². The van der Waals surface area contributed by atoms with Gasteiger partial charge < -0.3 is 19.3 Å². The number of amides is 1. The third-order valence-electron chi connectivity index (χ3n) is 9.22. The van der Waals surface area contributed by atoms with E-state index in [1.54, 1.807) is 35.5 Å². The van der Waals surface area contributed by atoms with E-state index in [4.69, 9.17) is 14.5 Å². The molecule has 1 atom stereocenters. The van der Waals surface area contributed by atoms with E-state index < -0.39 is 16.1 Å². The molecule has 48 heavy (non-hydrogen) atoms. The zero-order valence-corrected chi connectivity index (χ0v) is 28.1. The fourth-order valence-electron chi connectivity index (χ4n) is 6.07. The Morgan fingerprint density at radius 3 is 2.50 bits per heavy atom. The van der Waals surface area contributed by atoms with Crippen LogP contribution in [0.2, 0.25) is 0 Å². The standard InChI is InChI=1S/C35H39N7O5S/c1-22-7-4-8-23(2)33(22)30-16-32-39-35(38-30)40-48(44,45)29-12-5-9-24(15-29)34(43)42(27(21-47-32)20-46-28-13-14-28)19-25-17-36-18-31(37-25)41(3)26-10-6-11-26/h4-5,7-9,12,15-18,26-28H,6,10-11,13-14,19-21H2,1-3H3,(H,38,39,40)/t27-/m1/s1. The first-order chi connectivity index (χ1) is 23.1. The number of carbonyl (C=O) groups excluding carboxylic acids is 1. The molecule has 1 N–H and O–H groups in total. The molecule has 1 amide bonds. The highest BCUT2D eigenvalue weighted by Gasteiger charge is 2.32. The SMILES string of the molecule is Cc1cccc(C)c1-c1cc2nc(n1)NS(=O)(=O)c1cccc(c1)C(=O)N(Cc1cncc(N(C)C3CCC3)n1)[C@H](COC1CC1)CO2. The molecule has 250 valence electrons. The van der Waals surface area contributed by atoms with Crippen LogP contribution in [-0.2, 0) is 21.3 Å². The van der Waals surface area contributed by atoms with Crippen molar-refractivity contribution in [1.29, 1.82) is 0 Å². The molecule has 7 rings (SSSR count). The summed E-state index contributed by atoms with van der Waals surface area (Å²) < 4.78 is 42.4. The topological polar surface area (TPSA) is 140 Å². The third kappa shape index (κ3) is 6.83. The number of carbonyl (C=O) groups is 1. The molecule has 4 aromatic rings. The number of hydrogen-bond acceptors (Lipinski definition) is 10. The summed E-state index contributed by atoms with van der Waals surface area (Å²) in [6, 6.07) is 13.4. The van der Waals surface area contributed by atoms with Gasteiger partial charge in [0.1, 0.15) is 12.4 Å². The number of ether oxygens (including phenoxy) is 2. The van der Waals surface area contributed by atoms with E-state index in [1.165, 1.54) is 18.6 Å². The molecule has 2 aliphatic carbocycles. The quantitative estimate of drug-likeness (QED) is 0.275. The van der Waals surface area contributed by atoms with E-state index in [-0.39, 0.29) is 54.1 Å². The molecule has 3 heterocycles. The molecule has 2 aromatic carbocycles. The Kier molecular flexibility index (Phi) is 8.73. The summed E-state index contributed by atoms with van der Waals surface area (Å²) in [4.78, 5) is 36.5. The van der Waals surface area contributed by atoms with Gasteiger partial charge in [0.15, 0.2) is 0 Å².